The van der Waals surface area contributed by atoms with Gasteiger partial charge in [0.15, 0.2) is 0 Å². The molecule has 4 atom stereocenters. The van der Waals surface area contributed by atoms with Crippen molar-refractivity contribution in [2.24, 2.45) is 11.8 Å². The topological polar surface area (TPSA) is 136 Å². The third-order valence-corrected chi connectivity index (χ3v) is 20.0. The Hall–Kier alpha value is -5.26. The van der Waals surface area contributed by atoms with Gasteiger partial charge in [-0.15, -0.1) is 11.8 Å². The molecule has 0 saturated carbocycles. The quantitative estimate of drug-likeness (QED) is 0.0229. The second-order valence-corrected chi connectivity index (χ2v) is 30.9. The number of alkyl halides is 26. The Kier molecular flexibility index (Phi) is 39.8. The molecule has 41 heteroatoms. The minimum absolute atomic E-state index is 0.00276. The molecule has 2 aromatic rings. The van der Waals surface area contributed by atoms with Crippen molar-refractivity contribution < 1.29 is 146 Å². The number of carbonyl (C=O) groups excluding carboxylic acids is 4. The third-order valence-electron chi connectivity index (χ3n) is 16.1. The molecule has 1 saturated heterocycles. The van der Waals surface area contributed by atoms with E-state index in [1.54, 1.807) is 55.9 Å². The van der Waals surface area contributed by atoms with Crippen molar-refractivity contribution in [1.29, 1.82) is 5.26 Å². The molecule has 0 radical (unpaired) electrons. The molecular weight excluding hydrogens is 1620 g/mol. The number of nitriles is 1. The van der Waals surface area contributed by atoms with Gasteiger partial charge in [-0.3, -0.25) is 33.8 Å². The highest BCUT2D eigenvalue weighted by atomic mass is 32.9. The van der Waals surface area contributed by atoms with E-state index in [0.717, 1.165) is 43.3 Å². The largest absolute Gasteiger partial charge is 0.481 e. The maximum Gasteiger partial charge on any atom is 0.460 e. The highest BCUT2D eigenvalue weighted by Crippen LogP contribution is 2.63. The predicted octanol–water partition coefficient (Wildman–Crippen LogP) is 22.2. The Labute approximate surface area is 625 Å². The van der Waals surface area contributed by atoms with Gasteiger partial charge in [0.25, 0.3) is 11.8 Å². The number of benzene rings is 2. The molecule has 0 aliphatic carbocycles. The van der Waals surface area contributed by atoms with Gasteiger partial charge in [0.05, 0.1) is 14.7 Å². The van der Waals surface area contributed by atoms with E-state index in [1.165, 1.54) is 91.5 Å². The van der Waals surface area contributed by atoms with Crippen LogP contribution < -0.4 is 0 Å². The molecule has 1 fully saturated rings. The molecule has 1 N–H and O–H groups in total. The van der Waals surface area contributed by atoms with Crippen LogP contribution in [0.4, 0.5) is 114 Å². The fourth-order valence-corrected chi connectivity index (χ4v) is 12.6. The van der Waals surface area contributed by atoms with Crippen molar-refractivity contribution in [3.63, 3.8) is 0 Å². The number of carbonyl (C=O) groups is 5. The van der Waals surface area contributed by atoms with Crippen molar-refractivity contribution in [2.75, 3.05) is 18.8 Å². The van der Waals surface area contributed by atoms with Crippen LogP contribution in [0, 0.1) is 23.2 Å². The van der Waals surface area contributed by atoms with Crippen LogP contribution in [-0.2, 0) is 43.4 Å². The number of thioether (sulfide) groups is 2. The Morgan fingerprint density at radius 3 is 1.36 bits per heavy atom. The number of aliphatic carboxylic acids is 1. The summed E-state index contributed by atoms with van der Waals surface area (Å²) in [6.07, 6.45) is -6.39. The minimum Gasteiger partial charge on any atom is -0.481 e. The normalized spacial score (nSPS) is 16.8. The lowest BCUT2D eigenvalue weighted by molar-refractivity contribution is -0.440. The number of carboxylic acid groups (broad SMARTS) is 1. The number of thiocarbonyl (C=S) groups is 1. The number of rotatable bonds is 37. The van der Waals surface area contributed by atoms with Gasteiger partial charge in [0, 0.05) is 50.4 Å². The molecule has 4 amide bonds. The number of unbranched alkanes of at least 4 members (excludes halogenated alkanes) is 11. The van der Waals surface area contributed by atoms with Gasteiger partial charge >= 0.3 is 77.5 Å². The number of hydrogen-bond donors (Lipinski definition) is 1. The maximum absolute atomic E-state index is 14.0. The van der Waals surface area contributed by atoms with Crippen LogP contribution in [0.1, 0.15) is 169 Å². The van der Waals surface area contributed by atoms with Crippen molar-refractivity contribution in [3.05, 3.63) is 90.5 Å². The number of imide groups is 2. The number of halogens is 26. The third kappa shape index (κ3) is 27.9. The molecule has 0 bridgehead atoms. The summed E-state index contributed by atoms with van der Waals surface area (Å²) in [5.74, 6) is -79.2. The number of likely N-dealkylation sites (tertiary alicyclic amines) is 1. The highest BCUT2D eigenvalue weighted by Gasteiger charge is 2.92. The van der Waals surface area contributed by atoms with Gasteiger partial charge in [-0.2, -0.15) is 119 Å². The Morgan fingerprint density at radius 1 is 0.617 bits per heavy atom. The van der Waals surface area contributed by atoms with Gasteiger partial charge in [0.2, 0.25) is 11.8 Å². The van der Waals surface area contributed by atoms with Crippen LogP contribution in [0.5, 0.6) is 0 Å². The van der Waals surface area contributed by atoms with E-state index in [4.69, 9.17) is 20.1 Å². The Balaban J connectivity index is 0.00000150. The molecule has 4 unspecified atom stereocenters. The molecule has 610 valence electrons. The average Bonchev–Trinajstić information content (AvgIpc) is 1.23. The van der Waals surface area contributed by atoms with Crippen molar-refractivity contribution in [3.8, 4) is 6.07 Å². The monoisotopic (exact) mass is 1700 g/mol. The first-order valence-corrected chi connectivity index (χ1v) is 37.6. The fraction of sp³-hybridized carbons (Fsp3) is 0.636. The smallest absolute Gasteiger partial charge is 0.460 e. The molecule has 2 aromatic carbocycles. The summed E-state index contributed by atoms with van der Waals surface area (Å²) < 4.78 is 352. The van der Waals surface area contributed by atoms with Gasteiger partial charge in [-0.05, 0) is 88.5 Å². The van der Waals surface area contributed by atoms with E-state index in [1.807, 2.05) is 36.4 Å². The molecule has 2 aliphatic rings. The SMILES string of the molecule is C=Cc1ccccc1.CC(CC1C(=O)N(CCCCC(F)(F)C(F)(F)C(F)(F)C(F)(F)C(F)(F)C(F)(F)F)C(=O)C1C)c1ccccc1.CCCCCCCCCCCCSC(=S)SC(C)(C#N)CCC(=O)O.O=C1C=CC(=O)N1CCCCC(F)(F)C(F)(F)C(F)(F)C(F)(F)C(F)(F)C(F)(F)F.[2H]C([3H])=S=S=P. The molecule has 4 rings (SSSR count). The Bertz CT molecular complexity index is 3420. The molecule has 107 heavy (non-hydrogen) atoms. The van der Waals surface area contributed by atoms with Crippen LogP contribution in [0.15, 0.2) is 79.4 Å². The summed E-state index contributed by atoms with van der Waals surface area (Å²) in [6.45, 7) is 9.56. The number of amides is 4. The maximum atomic E-state index is 14.0. The Morgan fingerprint density at radius 2 is 1.01 bits per heavy atom. The van der Waals surface area contributed by atoms with Crippen LogP contribution in [0.25, 0.3) is 6.08 Å². The first kappa shape index (κ1) is 97.8. The number of nitrogens with zero attached hydrogens (tertiary/aromatic N) is 3. The standard InChI is InChI=1S/C24H24F13NO2.C19H33NO2S3.C14H10F13NO2.C8H8.CH3PS2/c1-13(15-8-4-3-5-9-15)12-16-14(2)17(39)38(18(16)40)11-7-6-10-19(25,26)20(27,28)21(29,30)22(31,32)23(33,34)24(35,36)37;1-3-4-5-6-7-8-9-10-11-12-15-24-18(23)25-19(2,16-20)14-13-17(21)22;15-9(16,5-1-2-6-28-7(29)3-4-8(28)30)10(17,18)11(19,20)12(21,22)13(23,24)14(25,26)27;1-2-8-6-4-3-5-7-8;1-3-4-2/h3-5,8-9,13-14,16H,6-7,10-12H2,1-2H3;3-15H2,1-2H3,(H,21,22);3-4H,1-2,5-6H2;2-7H,1H2;2H,1H2/i;;;;1TD. The van der Waals surface area contributed by atoms with E-state index < -0.39 is 169 Å². The number of hydrogen-bond acceptors (Lipinski definition) is 9. The van der Waals surface area contributed by atoms with Gasteiger partial charge in [0.1, 0.15) is 8.28 Å². The van der Waals surface area contributed by atoms with Gasteiger partial charge in [-0.25, -0.2) is 0 Å². The summed E-state index contributed by atoms with van der Waals surface area (Å²) in [6, 6.07) is 21.1. The molecule has 9 nitrogen and oxygen atoms in total. The average molecular weight is 1700 g/mol. The molecule has 0 spiro atoms. The van der Waals surface area contributed by atoms with Crippen LogP contribution >= 0.6 is 43.8 Å². The van der Waals surface area contributed by atoms with Gasteiger partial charge < -0.3 is 5.11 Å². The van der Waals surface area contributed by atoms with E-state index >= 15 is 0 Å². The lowest BCUT2D eigenvalue weighted by Gasteiger charge is -2.39. The molecular formula is C66H78F26N3O6PS5. The highest BCUT2D eigenvalue weighted by molar-refractivity contribution is 8.47. The van der Waals surface area contributed by atoms with Crippen molar-refractivity contribution >= 4 is 108 Å². The summed E-state index contributed by atoms with van der Waals surface area (Å²) in [5, 5.41) is 18.0. The van der Waals surface area contributed by atoms with Crippen LogP contribution in [0.3, 0.4) is 0 Å². The zero-order valence-corrected chi connectivity index (χ0v) is 62.3. The molecule has 2 aliphatic heterocycles. The lowest BCUT2D eigenvalue weighted by Crippen LogP contribution is -2.70. The minimum atomic E-state index is -7.94. The summed E-state index contributed by atoms with van der Waals surface area (Å²) >= 11 is 8.31. The first-order chi connectivity index (χ1) is 49.7. The summed E-state index contributed by atoms with van der Waals surface area (Å²) in [7, 11) is 5.30. The summed E-state index contributed by atoms with van der Waals surface area (Å²) in [5.41, 5.74) is 2.03. The second-order valence-electron chi connectivity index (χ2n) is 24.2. The second kappa shape index (κ2) is 43.5. The number of carboxylic acids is 1. The zero-order chi connectivity index (χ0) is 84.9. The fourth-order valence-electron chi connectivity index (χ4n) is 9.59. The van der Waals surface area contributed by atoms with Gasteiger partial charge in [-0.1, -0.05) is 195 Å². The van der Waals surface area contributed by atoms with Crippen LogP contribution in [-0.4, -0.2) is 149 Å². The molecule has 0 aromatic heterocycles. The van der Waals surface area contributed by atoms with E-state index in [2.05, 4.69) is 27.6 Å². The first-order valence-electron chi connectivity index (χ1n) is 33.1. The van der Waals surface area contributed by atoms with Crippen LogP contribution in [0.2, 0.25) is 0 Å². The molecule has 2 heterocycles. The lowest BCUT2D eigenvalue weighted by atomic mass is 9.85. The zero-order valence-electron chi connectivity index (χ0n) is 59.2. The van der Waals surface area contributed by atoms with Crippen molar-refractivity contribution in [1.82, 2.24) is 9.80 Å². The van der Waals surface area contributed by atoms with E-state index in [0.29, 0.717) is 16.2 Å². The predicted molar refractivity (Wildman–Crippen MR) is 366 cm³/mol. The van der Waals surface area contributed by atoms with E-state index in [9.17, 15) is 143 Å². The van der Waals surface area contributed by atoms with E-state index in [-0.39, 0.29) is 24.6 Å². The summed E-state index contributed by atoms with van der Waals surface area (Å²) in [4.78, 5) is 59.3. The van der Waals surface area contributed by atoms with Crippen molar-refractivity contribution in [2.45, 2.75) is 232 Å².